The average molecular weight is 410 g/mol. The molecule has 0 bridgehead atoms. The van der Waals surface area contributed by atoms with E-state index < -0.39 is 6.04 Å². The number of unbranched alkanes of at least 4 members (excludes halogenated alkanes) is 5. The van der Waals surface area contributed by atoms with E-state index in [1.54, 1.807) is 0 Å². The van der Waals surface area contributed by atoms with Gasteiger partial charge in [-0.05, 0) is 44.9 Å². The lowest BCUT2D eigenvalue weighted by atomic mass is 10.1. The predicted molar refractivity (Wildman–Crippen MR) is 120 cm³/mol. The van der Waals surface area contributed by atoms with Gasteiger partial charge in [0.2, 0.25) is 17.7 Å². The molecule has 1 atom stereocenters. The van der Waals surface area contributed by atoms with Gasteiger partial charge in [0, 0.05) is 25.9 Å². The van der Waals surface area contributed by atoms with Crippen molar-refractivity contribution >= 4 is 17.7 Å². The number of nitrogens with one attached hydrogen (secondary N) is 3. The first-order valence-corrected chi connectivity index (χ1v) is 11.5. The molecule has 0 saturated heterocycles. The fraction of sp³-hybridized carbons (Fsp3) is 0.783. The van der Waals surface area contributed by atoms with Crippen molar-refractivity contribution in [2.45, 2.75) is 104 Å². The zero-order chi connectivity index (χ0) is 21.7. The molecular weight excluding hydrogens is 366 g/mol. The van der Waals surface area contributed by atoms with E-state index in [9.17, 15) is 14.4 Å². The van der Waals surface area contributed by atoms with Crippen LogP contribution in [0, 0.1) is 0 Å². The third kappa shape index (κ3) is 16.8. The molecule has 0 rings (SSSR count). The van der Waals surface area contributed by atoms with Crippen molar-refractivity contribution in [2.75, 3.05) is 13.1 Å². The van der Waals surface area contributed by atoms with Crippen LogP contribution in [0.3, 0.4) is 0 Å². The molecule has 0 aromatic heterocycles. The Labute approximate surface area is 177 Å². The van der Waals surface area contributed by atoms with Gasteiger partial charge in [-0.2, -0.15) is 0 Å². The molecule has 0 fully saturated rings. The van der Waals surface area contributed by atoms with Crippen molar-refractivity contribution in [1.29, 1.82) is 0 Å². The summed E-state index contributed by atoms with van der Waals surface area (Å²) in [5.41, 5.74) is 0. The molecule has 0 spiro atoms. The summed E-state index contributed by atoms with van der Waals surface area (Å²) in [6.45, 7) is 7.49. The van der Waals surface area contributed by atoms with E-state index >= 15 is 0 Å². The normalized spacial score (nSPS) is 12.0. The third-order valence-electron chi connectivity index (χ3n) is 4.67. The zero-order valence-electron chi connectivity index (χ0n) is 18.9. The van der Waals surface area contributed by atoms with Gasteiger partial charge in [0.1, 0.15) is 6.04 Å². The molecule has 0 heterocycles. The molecule has 6 nitrogen and oxygen atoms in total. The molecule has 0 unspecified atom stereocenters. The van der Waals surface area contributed by atoms with Crippen LogP contribution in [0.1, 0.15) is 97.8 Å². The molecular formula is C23H43N3O3. The summed E-state index contributed by atoms with van der Waals surface area (Å²) in [5.74, 6) is -0.381. The van der Waals surface area contributed by atoms with Crippen molar-refractivity contribution in [2.24, 2.45) is 0 Å². The molecule has 3 N–H and O–H groups in total. The SMILES string of the molecule is CC/C=C/CCCCCC(=O)N[C@@H](CCC(=O)NCCCC)C(=O)NCCCC. The Kier molecular flexibility index (Phi) is 18.2. The highest BCUT2D eigenvalue weighted by Crippen LogP contribution is 2.06. The molecule has 0 aliphatic carbocycles. The molecule has 3 amide bonds. The second-order valence-electron chi connectivity index (χ2n) is 7.49. The van der Waals surface area contributed by atoms with Crippen LogP contribution in [0.25, 0.3) is 0 Å². The average Bonchev–Trinajstić information content (AvgIpc) is 2.70. The van der Waals surface area contributed by atoms with E-state index in [-0.39, 0.29) is 24.1 Å². The van der Waals surface area contributed by atoms with Crippen molar-refractivity contribution in [3.63, 3.8) is 0 Å². The summed E-state index contributed by atoms with van der Waals surface area (Å²) < 4.78 is 0. The van der Waals surface area contributed by atoms with Crippen LogP contribution in [0.2, 0.25) is 0 Å². The molecule has 0 saturated carbocycles. The van der Waals surface area contributed by atoms with Gasteiger partial charge >= 0.3 is 0 Å². The smallest absolute Gasteiger partial charge is 0.242 e. The van der Waals surface area contributed by atoms with Gasteiger partial charge in [0.05, 0.1) is 0 Å². The van der Waals surface area contributed by atoms with Crippen molar-refractivity contribution in [1.82, 2.24) is 16.0 Å². The van der Waals surface area contributed by atoms with Crippen LogP contribution in [0.4, 0.5) is 0 Å². The lowest BCUT2D eigenvalue weighted by Gasteiger charge is -2.18. The van der Waals surface area contributed by atoms with Gasteiger partial charge in [-0.25, -0.2) is 0 Å². The highest BCUT2D eigenvalue weighted by Gasteiger charge is 2.21. The topological polar surface area (TPSA) is 87.3 Å². The number of hydrogen-bond acceptors (Lipinski definition) is 3. The predicted octanol–water partition coefficient (Wildman–Crippen LogP) is 4.00. The third-order valence-corrected chi connectivity index (χ3v) is 4.67. The maximum Gasteiger partial charge on any atom is 0.242 e. The van der Waals surface area contributed by atoms with E-state index in [1.807, 2.05) is 0 Å². The monoisotopic (exact) mass is 409 g/mol. The first-order chi connectivity index (χ1) is 14.0. The van der Waals surface area contributed by atoms with Gasteiger partial charge < -0.3 is 16.0 Å². The van der Waals surface area contributed by atoms with Gasteiger partial charge in [0.25, 0.3) is 0 Å². The van der Waals surface area contributed by atoms with E-state index in [0.717, 1.165) is 57.8 Å². The second kappa shape index (κ2) is 19.5. The fourth-order valence-electron chi connectivity index (χ4n) is 2.82. The van der Waals surface area contributed by atoms with E-state index in [1.165, 1.54) is 0 Å². The highest BCUT2D eigenvalue weighted by atomic mass is 16.2. The van der Waals surface area contributed by atoms with Crippen LogP contribution in [-0.2, 0) is 14.4 Å². The van der Waals surface area contributed by atoms with E-state index in [0.29, 0.717) is 25.9 Å². The van der Waals surface area contributed by atoms with Crippen molar-refractivity contribution in [3.8, 4) is 0 Å². The molecule has 0 aromatic rings. The van der Waals surface area contributed by atoms with Crippen LogP contribution < -0.4 is 16.0 Å². The van der Waals surface area contributed by atoms with Gasteiger partial charge in [0.15, 0.2) is 0 Å². The lowest BCUT2D eigenvalue weighted by Crippen LogP contribution is -2.47. The molecule has 29 heavy (non-hydrogen) atoms. The van der Waals surface area contributed by atoms with Crippen LogP contribution in [0.5, 0.6) is 0 Å². The Morgan fingerprint density at radius 2 is 1.45 bits per heavy atom. The summed E-state index contributed by atoms with van der Waals surface area (Å²) in [4.78, 5) is 36.7. The standard InChI is InChI=1S/C23H43N3O3/c1-4-7-10-11-12-13-14-15-22(28)26-20(23(29)25-19-9-6-3)16-17-21(27)24-18-8-5-2/h7,10,20H,4-6,8-9,11-19H2,1-3H3,(H,24,27)(H,25,29)(H,26,28)/b10-7+/t20-/m0/s1. The van der Waals surface area contributed by atoms with Crippen molar-refractivity contribution in [3.05, 3.63) is 12.2 Å². The molecule has 0 radical (unpaired) electrons. The summed E-state index contributed by atoms with van der Waals surface area (Å²) in [6.07, 6.45) is 14.2. The minimum absolute atomic E-state index is 0.0702. The minimum atomic E-state index is -0.649. The van der Waals surface area contributed by atoms with E-state index in [4.69, 9.17) is 0 Å². The molecule has 0 aliphatic rings. The van der Waals surface area contributed by atoms with Crippen molar-refractivity contribution < 1.29 is 14.4 Å². The Hall–Kier alpha value is -1.85. The minimum Gasteiger partial charge on any atom is -0.356 e. The Morgan fingerprint density at radius 3 is 2.10 bits per heavy atom. The van der Waals surface area contributed by atoms with Crippen LogP contribution in [-0.4, -0.2) is 36.9 Å². The second-order valence-corrected chi connectivity index (χ2v) is 7.49. The number of carbonyl (C=O) groups excluding carboxylic acids is 3. The first kappa shape index (κ1) is 27.1. The summed E-state index contributed by atoms with van der Waals surface area (Å²) >= 11 is 0. The fourth-order valence-corrected chi connectivity index (χ4v) is 2.82. The largest absolute Gasteiger partial charge is 0.356 e. The summed E-state index contributed by atoms with van der Waals surface area (Å²) in [6, 6.07) is -0.649. The Bertz CT molecular complexity index is 478. The number of rotatable bonds is 18. The zero-order valence-corrected chi connectivity index (χ0v) is 18.9. The molecule has 0 aromatic carbocycles. The highest BCUT2D eigenvalue weighted by molar-refractivity contribution is 5.88. The van der Waals surface area contributed by atoms with Gasteiger partial charge in [-0.15, -0.1) is 0 Å². The van der Waals surface area contributed by atoms with E-state index in [2.05, 4.69) is 48.9 Å². The van der Waals surface area contributed by atoms with Crippen LogP contribution >= 0.6 is 0 Å². The maximum absolute atomic E-state index is 12.4. The number of amides is 3. The number of hydrogen-bond donors (Lipinski definition) is 3. The quantitative estimate of drug-likeness (QED) is 0.236. The molecule has 6 heteroatoms. The Morgan fingerprint density at radius 1 is 0.759 bits per heavy atom. The lowest BCUT2D eigenvalue weighted by molar-refractivity contribution is -0.129. The van der Waals surface area contributed by atoms with Gasteiger partial charge in [-0.1, -0.05) is 52.2 Å². The Balaban J connectivity index is 4.37. The maximum atomic E-state index is 12.4. The number of carbonyl (C=O) groups is 3. The number of allylic oxidation sites excluding steroid dienone is 2. The summed E-state index contributed by atoms with van der Waals surface area (Å²) in [5, 5.41) is 8.56. The van der Waals surface area contributed by atoms with Gasteiger partial charge in [-0.3, -0.25) is 14.4 Å². The van der Waals surface area contributed by atoms with Crippen LogP contribution in [0.15, 0.2) is 12.2 Å². The summed E-state index contributed by atoms with van der Waals surface area (Å²) in [7, 11) is 0. The first-order valence-electron chi connectivity index (χ1n) is 11.5. The molecule has 168 valence electrons. The molecule has 0 aliphatic heterocycles.